The van der Waals surface area contributed by atoms with Crippen molar-refractivity contribution >= 4 is 11.9 Å². The van der Waals surface area contributed by atoms with Crippen molar-refractivity contribution < 1.29 is 14.3 Å². The highest BCUT2D eigenvalue weighted by molar-refractivity contribution is 6.15. The summed E-state index contributed by atoms with van der Waals surface area (Å²) in [5.41, 5.74) is 3.51. The van der Waals surface area contributed by atoms with Gasteiger partial charge >= 0.3 is 0 Å². The molecule has 3 rings (SSSR count). The van der Waals surface area contributed by atoms with Gasteiger partial charge in [-0.2, -0.15) is 0 Å². The van der Waals surface area contributed by atoms with E-state index in [0.29, 0.717) is 17.9 Å². The van der Waals surface area contributed by atoms with Crippen LogP contribution in [0.4, 0.5) is 0 Å². The lowest BCUT2D eigenvalue weighted by Crippen LogP contribution is -1.97. The zero-order valence-corrected chi connectivity index (χ0v) is 12.1. The monoisotopic (exact) mass is 280 g/mol. The van der Waals surface area contributed by atoms with Gasteiger partial charge < -0.3 is 9.47 Å². The number of methoxy groups -OCH3 is 2. The highest BCUT2D eigenvalue weighted by Gasteiger charge is 2.24. The second-order valence-corrected chi connectivity index (χ2v) is 4.92. The summed E-state index contributed by atoms with van der Waals surface area (Å²) in [6.45, 7) is 0. The lowest BCUT2D eigenvalue weighted by Gasteiger charge is -2.10. The molecule has 0 atom stereocenters. The van der Waals surface area contributed by atoms with Crippen LogP contribution in [0.15, 0.2) is 48.0 Å². The lowest BCUT2D eigenvalue weighted by molar-refractivity contribution is 0.104. The molecule has 0 saturated heterocycles. The van der Waals surface area contributed by atoms with Crippen molar-refractivity contribution in [3.05, 3.63) is 64.7 Å². The van der Waals surface area contributed by atoms with Crippen molar-refractivity contribution in [3.63, 3.8) is 0 Å². The van der Waals surface area contributed by atoms with Crippen LogP contribution in [0.3, 0.4) is 0 Å². The van der Waals surface area contributed by atoms with Crippen molar-refractivity contribution in [2.45, 2.75) is 6.42 Å². The van der Waals surface area contributed by atoms with Crippen molar-refractivity contribution in [3.8, 4) is 11.5 Å². The predicted octanol–water partition coefficient (Wildman–Crippen LogP) is 3.53. The fraction of sp³-hybridized carbons (Fsp3) is 0.167. The molecule has 0 unspecified atom stereocenters. The van der Waals surface area contributed by atoms with Crippen LogP contribution >= 0.6 is 0 Å². The quantitative estimate of drug-likeness (QED) is 0.807. The summed E-state index contributed by atoms with van der Waals surface area (Å²) in [6.07, 6.45) is 2.55. The molecule has 0 fully saturated rings. The van der Waals surface area contributed by atoms with Gasteiger partial charge in [-0.15, -0.1) is 0 Å². The Balaban J connectivity index is 2.03. The Morgan fingerprint density at radius 2 is 1.81 bits per heavy atom. The molecule has 1 aliphatic rings. The Morgan fingerprint density at radius 1 is 1.00 bits per heavy atom. The average molecular weight is 280 g/mol. The number of fused-ring (bicyclic) bond motifs is 1. The minimum atomic E-state index is 0.0930. The topological polar surface area (TPSA) is 35.5 Å². The first-order chi connectivity index (χ1) is 10.2. The summed E-state index contributed by atoms with van der Waals surface area (Å²) < 4.78 is 10.7. The van der Waals surface area contributed by atoms with Gasteiger partial charge in [0.15, 0.2) is 17.3 Å². The molecule has 0 aliphatic heterocycles. The maximum Gasteiger partial charge on any atom is 0.189 e. The molecule has 1 aliphatic carbocycles. The maximum atomic E-state index is 12.4. The fourth-order valence-electron chi connectivity index (χ4n) is 2.68. The van der Waals surface area contributed by atoms with E-state index in [1.54, 1.807) is 14.2 Å². The summed E-state index contributed by atoms with van der Waals surface area (Å²) in [4.78, 5) is 12.4. The van der Waals surface area contributed by atoms with Gasteiger partial charge in [-0.1, -0.05) is 36.4 Å². The molecule has 106 valence electrons. The number of carbonyl (C=O) groups excluding carboxylic acids is 1. The van der Waals surface area contributed by atoms with Crippen LogP contribution in [0.2, 0.25) is 0 Å². The van der Waals surface area contributed by atoms with Gasteiger partial charge in [-0.25, -0.2) is 0 Å². The van der Waals surface area contributed by atoms with Gasteiger partial charge in [0.1, 0.15) is 0 Å². The van der Waals surface area contributed by atoms with Gasteiger partial charge in [0, 0.05) is 23.1 Å². The third-order valence-electron chi connectivity index (χ3n) is 3.70. The van der Waals surface area contributed by atoms with Crippen LogP contribution in [0, 0.1) is 0 Å². The molecule has 0 amide bonds. The highest BCUT2D eigenvalue weighted by Crippen LogP contribution is 2.34. The highest BCUT2D eigenvalue weighted by atomic mass is 16.5. The molecule has 0 aromatic heterocycles. The molecular formula is C18H16O3. The zero-order valence-electron chi connectivity index (χ0n) is 12.1. The third kappa shape index (κ3) is 2.31. The van der Waals surface area contributed by atoms with E-state index in [4.69, 9.17) is 9.47 Å². The van der Waals surface area contributed by atoms with E-state index >= 15 is 0 Å². The van der Waals surface area contributed by atoms with Crippen LogP contribution < -0.4 is 9.47 Å². The normalized spacial score (nSPS) is 15.1. The number of hydrogen-bond acceptors (Lipinski definition) is 3. The molecule has 2 aromatic rings. The molecule has 2 aromatic carbocycles. The number of hydrogen-bond donors (Lipinski definition) is 0. The smallest absolute Gasteiger partial charge is 0.189 e. The molecule has 3 heteroatoms. The summed E-state index contributed by atoms with van der Waals surface area (Å²) in [7, 11) is 3.20. The SMILES string of the molecule is COc1cccc(C=C2Cc3ccccc3C2=O)c1OC. The second kappa shape index (κ2) is 5.44. The minimum Gasteiger partial charge on any atom is -0.493 e. The number of para-hydroxylation sites is 1. The van der Waals surface area contributed by atoms with Gasteiger partial charge in [-0.05, 0) is 17.7 Å². The zero-order chi connectivity index (χ0) is 14.8. The number of ether oxygens (including phenoxy) is 2. The second-order valence-electron chi connectivity index (χ2n) is 4.92. The van der Waals surface area contributed by atoms with Crippen LogP contribution in [0.25, 0.3) is 6.08 Å². The maximum absolute atomic E-state index is 12.4. The summed E-state index contributed by atoms with van der Waals surface area (Å²) in [5, 5.41) is 0. The van der Waals surface area contributed by atoms with Crippen LogP contribution in [-0.2, 0) is 6.42 Å². The largest absolute Gasteiger partial charge is 0.493 e. The molecule has 0 saturated carbocycles. The Kier molecular flexibility index (Phi) is 3.48. The average Bonchev–Trinajstić information content (AvgIpc) is 2.83. The molecule has 0 heterocycles. The standard InChI is InChI=1S/C18H16O3/c1-20-16-9-5-7-13(18(16)21-2)11-14-10-12-6-3-4-8-15(12)17(14)19/h3-9,11H,10H2,1-2H3. The van der Waals surface area contributed by atoms with Gasteiger partial charge in [0.05, 0.1) is 14.2 Å². The number of benzene rings is 2. The van der Waals surface area contributed by atoms with E-state index in [9.17, 15) is 4.79 Å². The van der Waals surface area contributed by atoms with Gasteiger partial charge in [0.25, 0.3) is 0 Å². The Bertz CT molecular complexity index is 729. The molecule has 0 spiro atoms. The summed E-state index contributed by atoms with van der Waals surface area (Å²) in [6, 6.07) is 13.4. The third-order valence-corrected chi connectivity index (χ3v) is 3.70. The van der Waals surface area contributed by atoms with E-state index in [2.05, 4.69) is 0 Å². The van der Waals surface area contributed by atoms with E-state index in [0.717, 1.165) is 22.3 Å². The van der Waals surface area contributed by atoms with Crippen molar-refractivity contribution in [1.29, 1.82) is 0 Å². The van der Waals surface area contributed by atoms with Crippen molar-refractivity contribution in [2.24, 2.45) is 0 Å². The first-order valence-electron chi connectivity index (χ1n) is 6.78. The summed E-state index contributed by atoms with van der Waals surface area (Å²) >= 11 is 0. The first-order valence-corrected chi connectivity index (χ1v) is 6.78. The number of rotatable bonds is 3. The first kappa shape index (κ1) is 13.4. The van der Waals surface area contributed by atoms with Crippen LogP contribution in [-0.4, -0.2) is 20.0 Å². The molecule has 0 bridgehead atoms. The lowest BCUT2D eigenvalue weighted by atomic mass is 10.1. The Labute approximate surface area is 123 Å². The predicted molar refractivity (Wildman–Crippen MR) is 82.0 cm³/mol. The molecule has 0 radical (unpaired) electrons. The van der Waals surface area contributed by atoms with E-state index in [1.807, 2.05) is 48.5 Å². The van der Waals surface area contributed by atoms with E-state index in [1.165, 1.54) is 0 Å². The fourth-order valence-corrected chi connectivity index (χ4v) is 2.68. The number of allylic oxidation sites excluding steroid dienone is 1. The Morgan fingerprint density at radius 3 is 2.52 bits per heavy atom. The minimum absolute atomic E-state index is 0.0930. The van der Waals surface area contributed by atoms with Gasteiger partial charge in [-0.3, -0.25) is 4.79 Å². The number of Topliss-reactive ketones (excluding diaryl/α,β-unsaturated/α-hetero) is 1. The summed E-state index contributed by atoms with van der Waals surface area (Å²) in [5.74, 6) is 1.40. The number of ketones is 1. The van der Waals surface area contributed by atoms with Gasteiger partial charge in [0.2, 0.25) is 0 Å². The van der Waals surface area contributed by atoms with Crippen LogP contribution in [0.5, 0.6) is 11.5 Å². The molecule has 21 heavy (non-hydrogen) atoms. The van der Waals surface area contributed by atoms with Crippen molar-refractivity contribution in [1.82, 2.24) is 0 Å². The Hall–Kier alpha value is -2.55. The molecule has 3 nitrogen and oxygen atoms in total. The molecular weight excluding hydrogens is 264 g/mol. The van der Waals surface area contributed by atoms with E-state index in [-0.39, 0.29) is 5.78 Å². The molecule has 0 N–H and O–H groups in total. The van der Waals surface area contributed by atoms with Crippen LogP contribution in [0.1, 0.15) is 21.5 Å². The van der Waals surface area contributed by atoms with Crippen molar-refractivity contribution in [2.75, 3.05) is 14.2 Å². The number of carbonyl (C=O) groups is 1. The van der Waals surface area contributed by atoms with E-state index < -0.39 is 0 Å².